The Kier molecular flexibility index (Phi) is 4.33. The first-order chi connectivity index (χ1) is 10.5. The number of fused-ring (bicyclic) bond motifs is 1. The Hall–Kier alpha value is -1.25. The highest BCUT2D eigenvalue weighted by Crippen LogP contribution is 2.25. The molecule has 1 N–H and O–H groups in total. The minimum absolute atomic E-state index is 0.164. The summed E-state index contributed by atoms with van der Waals surface area (Å²) in [7, 11) is -3.04. The van der Waals surface area contributed by atoms with Gasteiger partial charge < -0.3 is 5.32 Å². The zero-order valence-electron chi connectivity index (χ0n) is 12.2. The second-order valence-corrected chi connectivity index (χ2v) is 8.52. The molecule has 1 aliphatic rings. The molecule has 0 atom stereocenters. The monoisotopic (exact) mass is 384 g/mol. The molecule has 2 heterocycles. The van der Waals surface area contributed by atoms with E-state index < -0.39 is 10.0 Å². The lowest BCUT2D eigenvalue weighted by Gasteiger charge is -2.38. The number of aromatic nitrogens is 2. The topological polar surface area (TPSA) is 75.2 Å². The van der Waals surface area contributed by atoms with Gasteiger partial charge in [-0.1, -0.05) is 15.9 Å². The van der Waals surface area contributed by atoms with Crippen molar-refractivity contribution in [1.82, 2.24) is 14.3 Å². The molecule has 22 heavy (non-hydrogen) atoms. The number of hydrogen-bond acceptors (Lipinski definition) is 5. The third-order valence-electron chi connectivity index (χ3n) is 3.84. The highest BCUT2D eigenvalue weighted by Gasteiger charge is 2.34. The van der Waals surface area contributed by atoms with E-state index in [1.54, 1.807) is 6.92 Å². The van der Waals surface area contributed by atoms with E-state index in [0.717, 1.165) is 21.2 Å². The Labute approximate surface area is 138 Å². The van der Waals surface area contributed by atoms with Crippen LogP contribution in [0.1, 0.15) is 6.92 Å². The molecule has 1 saturated heterocycles. The van der Waals surface area contributed by atoms with Gasteiger partial charge in [0.25, 0.3) is 0 Å². The van der Waals surface area contributed by atoms with Crippen LogP contribution in [0.4, 0.5) is 5.82 Å². The number of hydrogen-bond donors (Lipinski definition) is 1. The molecule has 0 saturated carbocycles. The van der Waals surface area contributed by atoms with Gasteiger partial charge in [0.15, 0.2) is 0 Å². The summed E-state index contributed by atoms with van der Waals surface area (Å²) in [5.74, 6) is 1.26. The van der Waals surface area contributed by atoms with E-state index in [4.69, 9.17) is 0 Å². The molecule has 0 radical (unpaired) electrons. The molecule has 2 aromatic rings. The molecular formula is C14H17BrN4O2S. The molecule has 0 bridgehead atoms. The zero-order valence-corrected chi connectivity index (χ0v) is 14.6. The summed E-state index contributed by atoms with van der Waals surface area (Å²) in [4.78, 5) is 8.53. The van der Waals surface area contributed by atoms with Gasteiger partial charge in [0, 0.05) is 35.4 Å². The predicted molar refractivity (Wildman–Crippen MR) is 90.3 cm³/mol. The standard InChI is InChI=1S/C14H17BrN4O2S/c1-2-22(20,21)19-7-10(8-19)6-16-14-12-5-11(15)3-4-13(12)17-9-18-14/h3-5,9-10H,2,6-8H2,1H3,(H,16,17,18). The van der Waals surface area contributed by atoms with E-state index in [1.165, 1.54) is 10.6 Å². The van der Waals surface area contributed by atoms with Gasteiger partial charge in [-0.3, -0.25) is 0 Å². The molecule has 0 spiro atoms. The van der Waals surface area contributed by atoms with Crippen molar-refractivity contribution in [3.05, 3.63) is 29.0 Å². The average molecular weight is 385 g/mol. The van der Waals surface area contributed by atoms with Gasteiger partial charge in [-0.2, -0.15) is 0 Å². The first kappa shape index (κ1) is 15.6. The van der Waals surface area contributed by atoms with E-state index >= 15 is 0 Å². The molecular weight excluding hydrogens is 368 g/mol. The van der Waals surface area contributed by atoms with Crippen molar-refractivity contribution in [3.8, 4) is 0 Å². The fourth-order valence-electron chi connectivity index (χ4n) is 2.47. The summed E-state index contributed by atoms with van der Waals surface area (Å²) in [5, 5.41) is 4.27. The lowest BCUT2D eigenvalue weighted by atomic mass is 10.0. The number of benzene rings is 1. The quantitative estimate of drug-likeness (QED) is 0.853. The number of anilines is 1. The molecule has 1 aromatic heterocycles. The van der Waals surface area contributed by atoms with E-state index in [-0.39, 0.29) is 5.75 Å². The van der Waals surface area contributed by atoms with Crippen LogP contribution >= 0.6 is 15.9 Å². The fraction of sp³-hybridized carbons (Fsp3) is 0.429. The van der Waals surface area contributed by atoms with Crippen LogP contribution in [0.2, 0.25) is 0 Å². The fourth-order valence-corrected chi connectivity index (χ4v) is 4.07. The largest absolute Gasteiger partial charge is 0.369 e. The minimum Gasteiger partial charge on any atom is -0.369 e. The Morgan fingerprint density at radius 2 is 2.14 bits per heavy atom. The van der Waals surface area contributed by atoms with Crippen LogP contribution < -0.4 is 5.32 Å². The SMILES string of the molecule is CCS(=O)(=O)N1CC(CNc2ncnc3ccc(Br)cc23)C1. The molecule has 8 heteroatoms. The highest BCUT2D eigenvalue weighted by atomic mass is 79.9. The first-order valence-corrected chi connectivity index (χ1v) is 9.52. The molecule has 1 aliphatic heterocycles. The highest BCUT2D eigenvalue weighted by molar-refractivity contribution is 9.10. The van der Waals surface area contributed by atoms with Crippen LogP contribution in [0.15, 0.2) is 29.0 Å². The van der Waals surface area contributed by atoms with Gasteiger partial charge >= 0.3 is 0 Å². The average Bonchev–Trinajstić information content (AvgIpc) is 2.45. The maximum absolute atomic E-state index is 11.7. The third-order valence-corrected chi connectivity index (χ3v) is 6.15. The number of nitrogens with one attached hydrogen (secondary N) is 1. The van der Waals surface area contributed by atoms with E-state index in [1.807, 2.05) is 18.2 Å². The summed E-state index contributed by atoms with van der Waals surface area (Å²) in [6.45, 7) is 3.53. The van der Waals surface area contributed by atoms with Gasteiger partial charge in [-0.05, 0) is 25.1 Å². The molecule has 0 amide bonds. The molecule has 0 unspecified atom stereocenters. The maximum atomic E-state index is 11.7. The van der Waals surface area contributed by atoms with Crippen LogP contribution in [0.5, 0.6) is 0 Å². The van der Waals surface area contributed by atoms with E-state index in [9.17, 15) is 8.42 Å². The van der Waals surface area contributed by atoms with Crippen molar-refractivity contribution >= 4 is 42.7 Å². The second kappa shape index (κ2) is 6.10. The van der Waals surface area contributed by atoms with Crippen LogP contribution in [0.25, 0.3) is 10.9 Å². The summed E-state index contributed by atoms with van der Waals surface area (Å²) in [6, 6.07) is 5.86. The second-order valence-electron chi connectivity index (χ2n) is 5.35. The van der Waals surface area contributed by atoms with E-state index in [0.29, 0.717) is 25.6 Å². The van der Waals surface area contributed by atoms with Crippen LogP contribution in [0, 0.1) is 5.92 Å². The maximum Gasteiger partial charge on any atom is 0.213 e. The lowest BCUT2D eigenvalue weighted by Crippen LogP contribution is -2.52. The van der Waals surface area contributed by atoms with Crippen LogP contribution in [-0.4, -0.2) is 48.1 Å². The van der Waals surface area contributed by atoms with Gasteiger partial charge in [-0.15, -0.1) is 0 Å². The lowest BCUT2D eigenvalue weighted by molar-refractivity contribution is 0.212. The molecule has 0 aliphatic carbocycles. The predicted octanol–water partition coefficient (Wildman–Crippen LogP) is 2.09. The van der Waals surface area contributed by atoms with Crippen molar-refractivity contribution in [1.29, 1.82) is 0 Å². The number of rotatable bonds is 5. The summed E-state index contributed by atoms with van der Waals surface area (Å²) >= 11 is 3.45. The van der Waals surface area contributed by atoms with Gasteiger partial charge in [0.1, 0.15) is 12.1 Å². The van der Waals surface area contributed by atoms with E-state index in [2.05, 4.69) is 31.2 Å². The van der Waals surface area contributed by atoms with Crippen molar-refractivity contribution < 1.29 is 8.42 Å². The van der Waals surface area contributed by atoms with Crippen molar-refractivity contribution in [2.24, 2.45) is 5.92 Å². The first-order valence-electron chi connectivity index (χ1n) is 7.11. The van der Waals surface area contributed by atoms with Gasteiger partial charge in [0.05, 0.1) is 11.3 Å². The third kappa shape index (κ3) is 3.09. The van der Waals surface area contributed by atoms with Crippen molar-refractivity contribution in [2.75, 3.05) is 30.7 Å². The summed E-state index contributed by atoms with van der Waals surface area (Å²) in [6.07, 6.45) is 1.53. The molecule has 118 valence electrons. The Morgan fingerprint density at radius 3 is 2.86 bits per heavy atom. The van der Waals surface area contributed by atoms with Gasteiger partial charge in [0.2, 0.25) is 10.0 Å². The molecule has 6 nitrogen and oxygen atoms in total. The Morgan fingerprint density at radius 1 is 1.36 bits per heavy atom. The Balaban J connectivity index is 1.65. The Bertz CT molecular complexity index is 791. The van der Waals surface area contributed by atoms with Crippen LogP contribution in [-0.2, 0) is 10.0 Å². The summed E-state index contributed by atoms with van der Waals surface area (Å²) in [5.41, 5.74) is 0.879. The van der Waals surface area contributed by atoms with Gasteiger partial charge in [-0.25, -0.2) is 22.7 Å². The molecule has 1 aromatic carbocycles. The normalized spacial score (nSPS) is 16.6. The molecule has 1 fully saturated rings. The number of halogens is 1. The zero-order chi connectivity index (χ0) is 15.7. The van der Waals surface area contributed by atoms with Crippen molar-refractivity contribution in [2.45, 2.75) is 6.92 Å². The molecule has 3 rings (SSSR count). The number of nitrogens with zero attached hydrogens (tertiary/aromatic N) is 3. The summed E-state index contributed by atoms with van der Waals surface area (Å²) < 4.78 is 25.9. The van der Waals surface area contributed by atoms with Crippen LogP contribution in [0.3, 0.4) is 0 Å². The minimum atomic E-state index is -3.04. The van der Waals surface area contributed by atoms with Crippen molar-refractivity contribution in [3.63, 3.8) is 0 Å². The smallest absolute Gasteiger partial charge is 0.213 e. The number of sulfonamides is 1.